The zero-order valence-corrected chi connectivity index (χ0v) is 19.0. The highest BCUT2D eigenvalue weighted by Crippen LogP contribution is 2.34. The van der Waals surface area contributed by atoms with Gasteiger partial charge in [-0.2, -0.15) is 0 Å². The van der Waals surface area contributed by atoms with Gasteiger partial charge in [-0.05, 0) is 48.8 Å². The molecule has 1 aliphatic rings. The molecular formula is C25H33N3O3. The molecule has 2 aromatic rings. The van der Waals surface area contributed by atoms with E-state index in [1.807, 2.05) is 37.3 Å². The number of benzene rings is 2. The molecule has 0 bridgehead atoms. The van der Waals surface area contributed by atoms with Crippen LogP contribution in [-0.2, 0) is 22.7 Å². The maximum absolute atomic E-state index is 12.8. The highest BCUT2D eigenvalue weighted by molar-refractivity contribution is 6.01. The van der Waals surface area contributed by atoms with Gasteiger partial charge in [0.15, 0.2) is 0 Å². The van der Waals surface area contributed by atoms with Crippen molar-refractivity contribution in [3.63, 3.8) is 0 Å². The Morgan fingerprint density at radius 1 is 1.16 bits per heavy atom. The van der Waals surface area contributed by atoms with E-state index in [4.69, 9.17) is 4.74 Å². The molecule has 1 aliphatic heterocycles. The molecule has 0 aliphatic carbocycles. The molecule has 166 valence electrons. The zero-order chi connectivity index (χ0) is 22.4. The lowest BCUT2D eigenvalue weighted by Crippen LogP contribution is -2.32. The summed E-state index contributed by atoms with van der Waals surface area (Å²) in [6.07, 6.45) is 0.213. The van der Waals surface area contributed by atoms with E-state index >= 15 is 0 Å². The number of ether oxygens (including phenoxy) is 1. The Morgan fingerprint density at radius 2 is 1.90 bits per heavy atom. The highest BCUT2D eigenvalue weighted by Gasteiger charge is 2.36. The van der Waals surface area contributed by atoms with Crippen molar-refractivity contribution in [2.45, 2.75) is 40.3 Å². The molecule has 1 fully saturated rings. The summed E-state index contributed by atoms with van der Waals surface area (Å²) < 4.78 is 5.42. The average Bonchev–Trinajstić information content (AvgIpc) is 3.17. The minimum absolute atomic E-state index is 0.0507. The quantitative estimate of drug-likeness (QED) is 0.670. The van der Waals surface area contributed by atoms with Crippen LogP contribution in [0.15, 0.2) is 42.5 Å². The summed E-state index contributed by atoms with van der Waals surface area (Å²) in [6.45, 7) is 10.0. The van der Waals surface area contributed by atoms with Crippen molar-refractivity contribution in [1.82, 2.24) is 10.2 Å². The topological polar surface area (TPSA) is 61.9 Å². The van der Waals surface area contributed by atoms with Crippen LogP contribution < -0.4 is 15.0 Å². The molecule has 2 amide bonds. The number of nitrogens with one attached hydrogen (secondary N) is 1. The Bertz CT molecular complexity index is 924. The minimum Gasteiger partial charge on any atom is -0.495 e. The molecule has 0 aromatic heterocycles. The van der Waals surface area contributed by atoms with Gasteiger partial charge in [-0.15, -0.1) is 0 Å². The molecular weight excluding hydrogens is 390 g/mol. The lowest BCUT2D eigenvalue weighted by Gasteiger charge is -2.20. The molecule has 0 radical (unpaired) electrons. The third-order valence-electron chi connectivity index (χ3n) is 5.88. The minimum atomic E-state index is -0.364. The molecule has 1 heterocycles. The fourth-order valence-electron chi connectivity index (χ4n) is 4.00. The van der Waals surface area contributed by atoms with Crippen LogP contribution in [0.1, 0.15) is 37.0 Å². The number of anilines is 1. The maximum Gasteiger partial charge on any atom is 0.227 e. The average molecular weight is 424 g/mol. The largest absolute Gasteiger partial charge is 0.495 e. The van der Waals surface area contributed by atoms with Gasteiger partial charge in [0.05, 0.1) is 18.7 Å². The fourth-order valence-corrected chi connectivity index (χ4v) is 4.00. The molecule has 3 rings (SSSR count). The van der Waals surface area contributed by atoms with E-state index in [1.54, 1.807) is 12.0 Å². The highest BCUT2D eigenvalue weighted by atomic mass is 16.5. The number of aryl methyl sites for hydroxylation is 1. The van der Waals surface area contributed by atoms with Gasteiger partial charge in [0, 0.05) is 26.1 Å². The summed E-state index contributed by atoms with van der Waals surface area (Å²) in [5, 5.41) is 3.02. The van der Waals surface area contributed by atoms with Crippen molar-refractivity contribution in [2.24, 2.45) is 5.92 Å². The fraction of sp³-hybridized carbons (Fsp3) is 0.440. The van der Waals surface area contributed by atoms with E-state index < -0.39 is 0 Å². The molecule has 6 heteroatoms. The van der Waals surface area contributed by atoms with Gasteiger partial charge < -0.3 is 15.0 Å². The number of carbonyl (C=O) groups excluding carboxylic acids is 2. The van der Waals surface area contributed by atoms with Gasteiger partial charge in [0.2, 0.25) is 11.8 Å². The summed E-state index contributed by atoms with van der Waals surface area (Å²) in [5.74, 6) is 0.142. The summed E-state index contributed by atoms with van der Waals surface area (Å²) in [5.41, 5.74) is 4.08. The third-order valence-corrected chi connectivity index (χ3v) is 5.88. The summed E-state index contributed by atoms with van der Waals surface area (Å²) >= 11 is 0. The molecule has 1 atom stereocenters. The zero-order valence-electron chi connectivity index (χ0n) is 19.0. The lowest BCUT2D eigenvalue weighted by atomic mass is 10.1. The standard InChI is InChI=1S/C25H33N3O3/c1-5-27(6-2)16-20-9-7-8-19(13-20)15-26-25(30)21-14-24(29)28(17-21)22-12-18(3)10-11-23(22)31-4/h7-13,21H,5-6,14-17H2,1-4H3,(H,26,30). The number of hydrogen-bond donors (Lipinski definition) is 1. The van der Waals surface area contributed by atoms with E-state index in [-0.39, 0.29) is 24.2 Å². The Hall–Kier alpha value is -2.86. The van der Waals surface area contributed by atoms with Gasteiger partial charge in [-0.1, -0.05) is 44.2 Å². The van der Waals surface area contributed by atoms with E-state index in [2.05, 4.69) is 36.2 Å². The summed E-state index contributed by atoms with van der Waals surface area (Å²) in [7, 11) is 1.59. The molecule has 0 spiro atoms. The van der Waals surface area contributed by atoms with Crippen molar-refractivity contribution >= 4 is 17.5 Å². The number of methoxy groups -OCH3 is 1. The summed E-state index contributed by atoms with van der Waals surface area (Å²) in [4.78, 5) is 29.4. The SMILES string of the molecule is CCN(CC)Cc1cccc(CNC(=O)C2CC(=O)N(c3cc(C)ccc3OC)C2)c1. The van der Waals surface area contributed by atoms with Gasteiger partial charge in [-0.25, -0.2) is 0 Å². The van der Waals surface area contributed by atoms with Gasteiger partial charge in [-0.3, -0.25) is 14.5 Å². The molecule has 6 nitrogen and oxygen atoms in total. The summed E-state index contributed by atoms with van der Waals surface area (Å²) in [6, 6.07) is 14.0. The van der Waals surface area contributed by atoms with Crippen LogP contribution in [0, 0.1) is 12.8 Å². The van der Waals surface area contributed by atoms with Crippen molar-refractivity contribution in [3.05, 3.63) is 59.2 Å². The van der Waals surface area contributed by atoms with Crippen LogP contribution in [0.2, 0.25) is 0 Å². The first-order valence-corrected chi connectivity index (χ1v) is 11.0. The predicted octanol–water partition coefficient (Wildman–Crippen LogP) is 3.51. The lowest BCUT2D eigenvalue weighted by molar-refractivity contribution is -0.126. The van der Waals surface area contributed by atoms with Crippen LogP contribution in [0.25, 0.3) is 0 Å². The van der Waals surface area contributed by atoms with Gasteiger partial charge in [0.25, 0.3) is 0 Å². The number of nitrogens with zero attached hydrogens (tertiary/aromatic N) is 2. The van der Waals surface area contributed by atoms with Crippen LogP contribution in [-0.4, -0.2) is 43.5 Å². The van der Waals surface area contributed by atoms with Crippen molar-refractivity contribution < 1.29 is 14.3 Å². The second-order valence-corrected chi connectivity index (χ2v) is 8.08. The Balaban J connectivity index is 1.61. The van der Waals surface area contributed by atoms with Gasteiger partial charge >= 0.3 is 0 Å². The molecule has 1 saturated heterocycles. The van der Waals surface area contributed by atoms with Crippen LogP contribution in [0.3, 0.4) is 0 Å². The van der Waals surface area contributed by atoms with Crippen molar-refractivity contribution in [3.8, 4) is 5.75 Å². The first kappa shape index (κ1) is 22.8. The number of hydrogen-bond acceptors (Lipinski definition) is 4. The van der Waals surface area contributed by atoms with Crippen LogP contribution >= 0.6 is 0 Å². The molecule has 2 aromatic carbocycles. The smallest absolute Gasteiger partial charge is 0.227 e. The van der Waals surface area contributed by atoms with E-state index in [1.165, 1.54) is 5.56 Å². The first-order chi connectivity index (χ1) is 14.9. The van der Waals surface area contributed by atoms with Crippen LogP contribution in [0.5, 0.6) is 5.75 Å². The van der Waals surface area contributed by atoms with E-state index in [0.717, 1.165) is 36.4 Å². The van der Waals surface area contributed by atoms with E-state index in [0.29, 0.717) is 18.8 Å². The normalized spacial score (nSPS) is 16.1. The maximum atomic E-state index is 12.8. The number of rotatable bonds is 9. The Labute approximate surface area is 185 Å². The second-order valence-electron chi connectivity index (χ2n) is 8.08. The molecule has 0 saturated carbocycles. The second kappa shape index (κ2) is 10.4. The van der Waals surface area contributed by atoms with Gasteiger partial charge in [0.1, 0.15) is 5.75 Å². The molecule has 31 heavy (non-hydrogen) atoms. The third kappa shape index (κ3) is 5.64. The first-order valence-electron chi connectivity index (χ1n) is 11.0. The predicted molar refractivity (Wildman–Crippen MR) is 123 cm³/mol. The Kier molecular flexibility index (Phi) is 7.69. The molecule has 1 unspecified atom stereocenters. The molecule has 1 N–H and O–H groups in total. The van der Waals surface area contributed by atoms with Crippen molar-refractivity contribution in [2.75, 3.05) is 31.6 Å². The number of amides is 2. The van der Waals surface area contributed by atoms with Crippen LogP contribution in [0.4, 0.5) is 5.69 Å². The monoisotopic (exact) mass is 423 g/mol. The van der Waals surface area contributed by atoms with Crippen molar-refractivity contribution in [1.29, 1.82) is 0 Å². The number of carbonyl (C=O) groups is 2. The Morgan fingerprint density at radius 3 is 2.61 bits per heavy atom. The van der Waals surface area contributed by atoms with E-state index in [9.17, 15) is 9.59 Å².